The van der Waals surface area contributed by atoms with E-state index in [2.05, 4.69) is 28.3 Å². The summed E-state index contributed by atoms with van der Waals surface area (Å²) in [6.45, 7) is 3.91. The summed E-state index contributed by atoms with van der Waals surface area (Å²) in [4.78, 5) is 1.14. The van der Waals surface area contributed by atoms with Gasteiger partial charge >= 0.3 is 0 Å². The predicted molar refractivity (Wildman–Crippen MR) is 64.2 cm³/mol. The second-order valence-corrected chi connectivity index (χ2v) is 4.43. The molecular formula is C9H10N4S2. The molecule has 0 aromatic carbocycles. The Kier molecular flexibility index (Phi) is 2.79. The van der Waals surface area contributed by atoms with Crippen LogP contribution in [0.2, 0.25) is 0 Å². The van der Waals surface area contributed by atoms with E-state index in [9.17, 15) is 0 Å². The van der Waals surface area contributed by atoms with Gasteiger partial charge in [0.15, 0.2) is 0 Å². The largest absolute Gasteiger partial charge is 0.250 e. The molecule has 0 atom stereocenters. The van der Waals surface area contributed by atoms with Gasteiger partial charge in [-0.2, -0.15) is 14.9 Å². The third kappa shape index (κ3) is 2.05. The van der Waals surface area contributed by atoms with Gasteiger partial charge in [-0.3, -0.25) is 5.10 Å². The SMILES string of the molecule is Cc1ccsc1C=Nn1c(C)n[nH]c1=S. The van der Waals surface area contributed by atoms with Crippen molar-refractivity contribution in [2.24, 2.45) is 5.10 Å². The van der Waals surface area contributed by atoms with E-state index >= 15 is 0 Å². The summed E-state index contributed by atoms with van der Waals surface area (Å²) < 4.78 is 2.12. The predicted octanol–water partition coefficient (Wildman–Crippen LogP) is 2.50. The first-order chi connectivity index (χ1) is 7.18. The second-order valence-electron chi connectivity index (χ2n) is 3.10. The molecule has 0 amide bonds. The van der Waals surface area contributed by atoms with E-state index in [1.165, 1.54) is 5.56 Å². The van der Waals surface area contributed by atoms with E-state index < -0.39 is 0 Å². The van der Waals surface area contributed by atoms with Crippen LogP contribution in [0.1, 0.15) is 16.3 Å². The van der Waals surface area contributed by atoms with E-state index in [4.69, 9.17) is 12.2 Å². The number of aryl methyl sites for hydroxylation is 2. The van der Waals surface area contributed by atoms with Crippen molar-refractivity contribution in [3.05, 3.63) is 32.5 Å². The van der Waals surface area contributed by atoms with Crippen LogP contribution in [0.3, 0.4) is 0 Å². The zero-order valence-electron chi connectivity index (χ0n) is 8.39. The molecule has 0 aliphatic heterocycles. The average molecular weight is 238 g/mol. The highest BCUT2D eigenvalue weighted by molar-refractivity contribution is 7.71. The van der Waals surface area contributed by atoms with Crippen LogP contribution < -0.4 is 0 Å². The molecule has 0 saturated carbocycles. The molecule has 2 heterocycles. The van der Waals surface area contributed by atoms with E-state index in [0.29, 0.717) is 4.77 Å². The summed E-state index contributed by atoms with van der Waals surface area (Å²) in [5, 5.41) is 13.0. The summed E-state index contributed by atoms with van der Waals surface area (Å²) in [6.07, 6.45) is 1.80. The van der Waals surface area contributed by atoms with E-state index in [0.717, 1.165) is 10.7 Å². The van der Waals surface area contributed by atoms with Crippen LogP contribution in [0.4, 0.5) is 0 Å². The first-order valence-corrected chi connectivity index (χ1v) is 5.70. The zero-order chi connectivity index (χ0) is 10.8. The lowest BCUT2D eigenvalue weighted by Crippen LogP contribution is -1.93. The first-order valence-electron chi connectivity index (χ1n) is 4.41. The van der Waals surface area contributed by atoms with Crippen molar-refractivity contribution in [3.8, 4) is 0 Å². The molecule has 0 saturated heterocycles. The lowest BCUT2D eigenvalue weighted by molar-refractivity contribution is 0.821. The van der Waals surface area contributed by atoms with E-state index in [1.54, 1.807) is 22.2 Å². The van der Waals surface area contributed by atoms with Gasteiger partial charge in [0.1, 0.15) is 5.82 Å². The maximum absolute atomic E-state index is 5.04. The maximum atomic E-state index is 5.04. The summed E-state index contributed by atoms with van der Waals surface area (Å²) in [5.74, 6) is 0.755. The number of aromatic amines is 1. The van der Waals surface area contributed by atoms with Crippen LogP contribution in [-0.4, -0.2) is 21.1 Å². The van der Waals surface area contributed by atoms with Crippen LogP contribution in [0.25, 0.3) is 0 Å². The number of hydrogen-bond acceptors (Lipinski definition) is 4. The fourth-order valence-corrected chi connectivity index (χ4v) is 2.14. The maximum Gasteiger partial charge on any atom is 0.216 e. The Bertz CT molecular complexity index is 546. The topological polar surface area (TPSA) is 46.0 Å². The Morgan fingerprint density at radius 1 is 1.60 bits per heavy atom. The van der Waals surface area contributed by atoms with Gasteiger partial charge < -0.3 is 0 Å². The standard InChI is InChI=1S/C9H10N4S2/c1-6-3-4-15-8(6)5-10-13-7(2)11-12-9(13)14/h3-5H,1-2H3,(H,12,14). The second kappa shape index (κ2) is 4.08. The molecule has 0 aliphatic carbocycles. The van der Waals surface area contributed by atoms with Gasteiger partial charge in [-0.05, 0) is 43.1 Å². The van der Waals surface area contributed by atoms with Gasteiger partial charge in [-0.15, -0.1) is 11.3 Å². The molecule has 2 aromatic heterocycles. The Morgan fingerprint density at radius 3 is 2.93 bits per heavy atom. The molecule has 6 heteroatoms. The van der Waals surface area contributed by atoms with Crippen LogP contribution in [0, 0.1) is 18.6 Å². The van der Waals surface area contributed by atoms with Crippen molar-refractivity contribution in [1.29, 1.82) is 0 Å². The highest BCUT2D eigenvalue weighted by Gasteiger charge is 1.99. The number of hydrogen-bond donors (Lipinski definition) is 1. The van der Waals surface area contributed by atoms with Crippen molar-refractivity contribution < 1.29 is 0 Å². The third-order valence-corrected chi connectivity index (χ3v) is 3.22. The van der Waals surface area contributed by atoms with Gasteiger partial charge in [0.25, 0.3) is 0 Å². The zero-order valence-corrected chi connectivity index (χ0v) is 10.0. The Hall–Kier alpha value is -1.27. The number of H-pyrrole nitrogens is 1. The van der Waals surface area contributed by atoms with Crippen molar-refractivity contribution in [3.63, 3.8) is 0 Å². The monoisotopic (exact) mass is 238 g/mol. The number of nitrogens with one attached hydrogen (secondary N) is 1. The Labute approximate surface area is 96.3 Å². The average Bonchev–Trinajstić information content (AvgIpc) is 2.73. The molecule has 0 bridgehead atoms. The minimum atomic E-state index is 0.512. The van der Waals surface area contributed by atoms with Crippen LogP contribution in [0.15, 0.2) is 16.5 Å². The smallest absolute Gasteiger partial charge is 0.216 e. The molecule has 0 radical (unpaired) electrons. The summed E-state index contributed by atoms with van der Waals surface area (Å²) in [6, 6.07) is 2.06. The molecule has 0 spiro atoms. The number of thiophene rings is 1. The van der Waals surface area contributed by atoms with Crippen molar-refractivity contribution in [2.75, 3.05) is 0 Å². The van der Waals surface area contributed by atoms with Crippen molar-refractivity contribution in [1.82, 2.24) is 14.9 Å². The number of rotatable bonds is 2. The third-order valence-electron chi connectivity index (χ3n) is 2.00. The molecule has 78 valence electrons. The number of aromatic nitrogens is 3. The van der Waals surface area contributed by atoms with Crippen LogP contribution in [-0.2, 0) is 0 Å². The molecule has 1 N–H and O–H groups in total. The lowest BCUT2D eigenvalue weighted by Gasteiger charge is -1.93. The van der Waals surface area contributed by atoms with Gasteiger partial charge in [-0.1, -0.05) is 0 Å². The van der Waals surface area contributed by atoms with Crippen molar-refractivity contribution >= 4 is 29.8 Å². The molecule has 4 nitrogen and oxygen atoms in total. The summed E-state index contributed by atoms with van der Waals surface area (Å²) in [7, 11) is 0. The quantitative estimate of drug-likeness (QED) is 0.645. The fraction of sp³-hybridized carbons (Fsp3) is 0.222. The van der Waals surface area contributed by atoms with Gasteiger partial charge in [0, 0.05) is 0 Å². The van der Waals surface area contributed by atoms with Gasteiger partial charge in [-0.25, -0.2) is 0 Å². The summed E-state index contributed by atoms with van der Waals surface area (Å²) in [5.41, 5.74) is 1.22. The highest BCUT2D eigenvalue weighted by Crippen LogP contribution is 2.12. The number of nitrogens with zero attached hydrogens (tertiary/aromatic N) is 3. The molecule has 2 rings (SSSR count). The molecule has 0 unspecified atom stereocenters. The van der Waals surface area contributed by atoms with Gasteiger partial charge in [0.05, 0.1) is 11.1 Å². The normalized spacial score (nSPS) is 11.3. The molecule has 0 fully saturated rings. The van der Waals surface area contributed by atoms with E-state index in [1.807, 2.05) is 12.3 Å². The highest BCUT2D eigenvalue weighted by atomic mass is 32.1. The first kappa shape index (κ1) is 10.3. The minimum Gasteiger partial charge on any atom is -0.250 e. The minimum absolute atomic E-state index is 0.512. The van der Waals surface area contributed by atoms with Crippen molar-refractivity contribution in [2.45, 2.75) is 13.8 Å². The molecule has 15 heavy (non-hydrogen) atoms. The molecule has 0 aliphatic rings. The fourth-order valence-electron chi connectivity index (χ4n) is 1.13. The van der Waals surface area contributed by atoms with Crippen LogP contribution >= 0.6 is 23.6 Å². The lowest BCUT2D eigenvalue weighted by atomic mass is 10.3. The Morgan fingerprint density at radius 2 is 2.40 bits per heavy atom. The van der Waals surface area contributed by atoms with E-state index in [-0.39, 0.29) is 0 Å². The van der Waals surface area contributed by atoms with Crippen LogP contribution in [0.5, 0.6) is 0 Å². The molecule has 2 aromatic rings. The van der Waals surface area contributed by atoms with Gasteiger partial charge in [0.2, 0.25) is 4.77 Å². The Balaban J connectivity index is 2.34. The molecular weight excluding hydrogens is 228 g/mol. The summed E-state index contributed by atoms with van der Waals surface area (Å²) >= 11 is 6.69.